The first-order valence-corrected chi connectivity index (χ1v) is 16.8. The summed E-state index contributed by atoms with van der Waals surface area (Å²) in [7, 11) is 0. The Morgan fingerprint density at radius 1 is 0.321 bits per heavy atom. The van der Waals surface area contributed by atoms with Gasteiger partial charge in [0.25, 0.3) is 0 Å². The molecule has 6 rings (SSSR count). The van der Waals surface area contributed by atoms with Gasteiger partial charge in [0.15, 0.2) is 46.0 Å². The van der Waals surface area contributed by atoms with E-state index >= 15 is 0 Å². The van der Waals surface area contributed by atoms with Crippen LogP contribution in [0.3, 0.4) is 0 Å². The fraction of sp³-hybridized carbons (Fsp3) is 0.143. The Kier molecular flexibility index (Phi) is 10.6. The molecule has 0 radical (unpaired) electrons. The third kappa shape index (κ3) is 8.89. The molecule has 0 spiro atoms. The first-order chi connectivity index (χ1) is 25.4. The molecule has 0 fully saturated rings. The van der Waals surface area contributed by atoms with Gasteiger partial charge in [-0.3, -0.25) is 0 Å². The number of phenolic OH excluding ortho intramolecular Hbond substituents is 9. The Morgan fingerprint density at radius 2 is 0.774 bits per heavy atom. The quantitative estimate of drug-likeness (QED) is 0.0524. The van der Waals surface area contributed by atoms with Crippen molar-refractivity contribution in [3.8, 4) is 74.7 Å². The third-order valence-corrected chi connectivity index (χ3v) is 8.79. The average molecular weight is 719 g/mol. The highest BCUT2D eigenvalue weighted by Gasteiger charge is 2.20. The molecule has 272 valence electrons. The van der Waals surface area contributed by atoms with Crippen LogP contribution in [0, 0.1) is 0 Å². The molecule has 9 N–H and O–H groups in total. The van der Waals surface area contributed by atoms with E-state index in [0.29, 0.717) is 60.8 Å². The second kappa shape index (κ2) is 15.6. The summed E-state index contributed by atoms with van der Waals surface area (Å²) in [6.45, 7) is 0. The molecule has 0 saturated heterocycles. The molecule has 0 aliphatic carbocycles. The molecule has 0 aliphatic rings. The van der Waals surface area contributed by atoms with Crippen molar-refractivity contribution in [2.45, 2.75) is 38.5 Å². The molecule has 0 bridgehead atoms. The summed E-state index contributed by atoms with van der Waals surface area (Å²) in [6.07, 6.45) is 2.32. The lowest BCUT2D eigenvalue weighted by molar-refractivity contribution is 0.355. The summed E-state index contributed by atoms with van der Waals surface area (Å²) in [5, 5.41) is 93.5. The number of rotatable bonds is 13. The van der Waals surface area contributed by atoms with Crippen molar-refractivity contribution in [2.75, 3.05) is 0 Å². The number of benzene rings is 6. The van der Waals surface area contributed by atoms with Crippen LogP contribution in [-0.2, 0) is 38.5 Å². The van der Waals surface area contributed by atoms with Crippen molar-refractivity contribution in [3.63, 3.8) is 0 Å². The Labute approximate surface area is 304 Å². The molecular weight excluding hydrogens is 680 g/mol. The molecule has 53 heavy (non-hydrogen) atoms. The maximum atomic E-state index is 11.5. The monoisotopic (exact) mass is 718 g/mol. The predicted molar refractivity (Wildman–Crippen MR) is 196 cm³/mol. The zero-order valence-corrected chi connectivity index (χ0v) is 28.4. The van der Waals surface area contributed by atoms with Crippen LogP contribution in [0.5, 0.6) is 74.7 Å². The van der Waals surface area contributed by atoms with Crippen molar-refractivity contribution in [1.82, 2.24) is 0 Å². The molecule has 6 aromatic rings. The van der Waals surface area contributed by atoms with Gasteiger partial charge in [-0.15, -0.1) is 0 Å². The van der Waals surface area contributed by atoms with Gasteiger partial charge in [-0.25, -0.2) is 0 Å². The molecule has 6 aromatic carbocycles. The molecule has 0 saturated carbocycles. The Hall–Kier alpha value is -6.88. The number of aryl methyl sites for hydroxylation is 6. The van der Waals surface area contributed by atoms with Crippen molar-refractivity contribution < 1.29 is 55.4 Å². The van der Waals surface area contributed by atoms with Gasteiger partial charge in [0.1, 0.15) is 23.0 Å². The number of ether oxygens (including phenoxy) is 2. The van der Waals surface area contributed by atoms with Gasteiger partial charge < -0.3 is 55.4 Å². The summed E-state index contributed by atoms with van der Waals surface area (Å²) < 4.78 is 12.1. The maximum Gasteiger partial charge on any atom is 0.202 e. The van der Waals surface area contributed by atoms with E-state index < -0.39 is 17.2 Å². The van der Waals surface area contributed by atoms with Crippen LogP contribution in [0.4, 0.5) is 0 Å². The smallest absolute Gasteiger partial charge is 0.202 e. The highest BCUT2D eigenvalue weighted by atomic mass is 16.5. The number of hydrogen-bond acceptors (Lipinski definition) is 11. The molecule has 0 amide bonds. The second-order valence-electron chi connectivity index (χ2n) is 12.7. The minimum absolute atomic E-state index is 0.0720. The maximum absolute atomic E-state index is 11.5. The lowest BCUT2D eigenvalue weighted by atomic mass is 10.0. The predicted octanol–water partition coefficient (Wildman–Crippen LogP) is 7.98. The highest BCUT2D eigenvalue weighted by Crippen LogP contribution is 2.47. The van der Waals surface area contributed by atoms with Crippen LogP contribution in [0.25, 0.3) is 0 Å². The van der Waals surface area contributed by atoms with Crippen molar-refractivity contribution in [3.05, 3.63) is 137 Å². The van der Waals surface area contributed by atoms with Crippen molar-refractivity contribution in [1.29, 1.82) is 0 Å². The molecule has 0 atom stereocenters. The van der Waals surface area contributed by atoms with Gasteiger partial charge in [-0.1, -0.05) is 30.3 Å². The zero-order chi connectivity index (χ0) is 37.6. The Bertz CT molecular complexity index is 2140. The average Bonchev–Trinajstić information content (AvgIpc) is 3.11. The minimum Gasteiger partial charge on any atom is -0.508 e. The lowest BCUT2D eigenvalue weighted by Crippen LogP contribution is -1.98. The number of phenols is 9. The van der Waals surface area contributed by atoms with Crippen LogP contribution in [0.2, 0.25) is 0 Å². The minimum atomic E-state index is -0.474. The number of aromatic hydroxyl groups is 9. The topological polar surface area (TPSA) is 201 Å². The van der Waals surface area contributed by atoms with E-state index in [1.165, 1.54) is 24.3 Å². The van der Waals surface area contributed by atoms with Gasteiger partial charge >= 0.3 is 0 Å². The van der Waals surface area contributed by atoms with Crippen molar-refractivity contribution >= 4 is 0 Å². The summed E-state index contributed by atoms with van der Waals surface area (Å²) in [5.74, 6) is -2.29. The molecular formula is C42H38O11. The van der Waals surface area contributed by atoms with Crippen LogP contribution < -0.4 is 9.47 Å². The molecule has 11 heteroatoms. The first-order valence-electron chi connectivity index (χ1n) is 16.8. The van der Waals surface area contributed by atoms with Crippen LogP contribution >= 0.6 is 0 Å². The normalized spacial score (nSPS) is 11.0. The van der Waals surface area contributed by atoms with E-state index in [2.05, 4.69) is 0 Å². The fourth-order valence-corrected chi connectivity index (χ4v) is 5.93. The van der Waals surface area contributed by atoms with E-state index in [0.717, 1.165) is 23.3 Å². The molecule has 0 heterocycles. The lowest BCUT2D eigenvalue weighted by Gasteiger charge is -2.17. The van der Waals surface area contributed by atoms with Gasteiger partial charge in [-0.05, 0) is 133 Å². The van der Waals surface area contributed by atoms with Crippen LogP contribution in [0.1, 0.15) is 33.4 Å². The Balaban J connectivity index is 1.31. The molecule has 0 aliphatic heterocycles. The molecule has 0 unspecified atom stereocenters. The summed E-state index contributed by atoms with van der Waals surface area (Å²) in [6, 6.07) is 26.2. The summed E-state index contributed by atoms with van der Waals surface area (Å²) in [4.78, 5) is 0. The van der Waals surface area contributed by atoms with Gasteiger partial charge in [0.05, 0.1) is 0 Å². The van der Waals surface area contributed by atoms with E-state index in [1.807, 2.05) is 12.1 Å². The second-order valence-corrected chi connectivity index (χ2v) is 12.7. The van der Waals surface area contributed by atoms with E-state index in [-0.39, 0.29) is 57.5 Å². The SMILES string of the molecule is Oc1cccc(CCc2cc(Oc3cc(CCc4ccc(O)c(O)c4)cc(Oc4cc(CCc5cccc(O)c5)c(O)cc4O)c3O)c(O)cc2O)c1. The largest absolute Gasteiger partial charge is 0.508 e. The third-order valence-electron chi connectivity index (χ3n) is 8.79. The van der Waals surface area contributed by atoms with Gasteiger partial charge in [0.2, 0.25) is 5.75 Å². The van der Waals surface area contributed by atoms with E-state index in [1.54, 1.807) is 54.6 Å². The standard InChI is InChI=1S/C42H38O11/c43-30-5-1-3-24(15-30)9-12-28-20-38(36(49)22-33(28)46)52-40-18-27(8-7-26-11-14-32(45)35(48)17-26)19-41(42(40)51)53-39-21-29(34(47)23-37(39)50)13-10-25-4-2-6-31(44)16-25/h1-6,11,14-23,43-51H,7-10,12-13H2. The van der Waals surface area contributed by atoms with Crippen LogP contribution in [0.15, 0.2) is 103 Å². The van der Waals surface area contributed by atoms with Gasteiger partial charge in [-0.2, -0.15) is 0 Å². The van der Waals surface area contributed by atoms with Crippen molar-refractivity contribution in [2.24, 2.45) is 0 Å². The Morgan fingerprint density at radius 3 is 1.25 bits per heavy atom. The summed E-state index contributed by atoms with van der Waals surface area (Å²) in [5.41, 5.74) is 3.83. The van der Waals surface area contributed by atoms with Crippen LogP contribution in [-0.4, -0.2) is 46.0 Å². The zero-order valence-electron chi connectivity index (χ0n) is 28.4. The fourth-order valence-electron chi connectivity index (χ4n) is 5.93. The number of hydrogen-bond donors (Lipinski definition) is 9. The summed E-state index contributed by atoms with van der Waals surface area (Å²) >= 11 is 0. The van der Waals surface area contributed by atoms with E-state index in [9.17, 15) is 46.0 Å². The highest BCUT2D eigenvalue weighted by molar-refractivity contribution is 5.60. The first kappa shape index (κ1) is 35.9. The molecule has 0 aromatic heterocycles. The van der Waals surface area contributed by atoms with Gasteiger partial charge in [0, 0.05) is 12.1 Å². The van der Waals surface area contributed by atoms with E-state index in [4.69, 9.17) is 9.47 Å². The molecule has 11 nitrogen and oxygen atoms in total.